The minimum Gasteiger partial charge on any atom is -0.384 e. The fourth-order valence-electron chi connectivity index (χ4n) is 2.43. The largest absolute Gasteiger partial charge is 0.384 e. The fraction of sp³-hybridized carbons (Fsp3) is 0.417. The molecule has 2 amide bonds. The Balaban J connectivity index is 5.06. The monoisotopic (exact) mass is 414 g/mol. The molecule has 0 fully saturated rings. The van der Waals surface area contributed by atoms with Gasteiger partial charge in [-0.15, -0.1) is 0 Å². The van der Waals surface area contributed by atoms with E-state index < -0.39 is 0 Å². The Kier molecular flexibility index (Phi) is 11.9. The van der Waals surface area contributed by atoms with E-state index in [9.17, 15) is 9.59 Å². The van der Waals surface area contributed by atoms with Crippen molar-refractivity contribution in [2.24, 2.45) is 0 Å². The average molecular weight is 415 g/mol. The van der Waals surface area contributed by atoms with Gasteiger partial charge in [0.05, 0.1) is 0 Å². The first-order valence-electron chi connectivity index (χ1n) is 9.95. The first kappa shape index (κ1) is 27.0. The van der Waals surface area contributed by atoms with E-state index >= 15 is 0 Å². The molecule has 30 heavy (non-hydrogen) atoms. The smallest absolute Gasteiger partial charge is 0.249 e. The topological polar surface area (TPSA) is 64.7 Å². The molecule has 0 aromatic heterocycles. The normalized spacial score (nSPS) is 9.87. The van der Waals surface area contributed by atoms with Crippen LogP contribution in [0.4, 0.5) is 0 Å². The molecule has 0 unspecified atom stereocenters. The summed E-state index contributed by atoms with van der Waals surface area (Å²) in [6.07, 6.45) is 0. The van der Waals surface area contributed by atoms with Gasteiger partial charge in [-0.2, -0.15) is 0 Å². The molecule has 0 rings (SSSR count). The second kappa shape index (κ2) is 13.2. The highest BCUT2D eigenvalue weighted by Crippen LogP contribution is 2.11. The fourth-order valence-corrected chi connectivity index (χ4v) is 2.43. The maximum atomic E-state index is 12.6. The Bertz CT molecular complexity index is 671. The first-order chi connectivity index (χ1) is 13.9. The van der Waals surface area contributed by atoms with Gasteiger partial charge in [0.15, 0.2) is 0 Å². The highest BCUT2D eigenvalue weighted by molar-refractivity contribution is 5.92. The third-order valence-electron chi connectivity index (χ3n) is 4.46. The molecule has 0 aromatic carbocycles. The zero-order valence-corrected chi connectivity index (χ0v) is 19.2. The van der Waals surface area contributed by atoms with Gasteiger partial charge in [0.1, 0.15) is 0 Å². The Morgan fingerprint density at radius 2 is 1.13 bits per heavy atom. The summed E-state index contributed by atoms with van der Waals surface area (Å²) in [6.45, 7) is 33.4. The Labute approximate surface area is 182 Å². The second-order valence-corrected chi connectivity index (χ2v) is 7.51. The van der Waals surface area contributed by atoms with Crippen LogP contribution >= 0.6 is 0 Å². The van der Waals surface area contributed by atoms with E-state index in [-0.39, 0.29) is 11.8 Å². The van der Waals surface area contributed by atoms with Gasteiger partial charge in [0, 0.05) is 61.8 Å². The molecule has 0 atom stereocenters. The van der Waals surface area contributed by atoms with Crippen LogP contribution in [0.3, 0.4) is 0 Å². The predicted molar refractivity (Wildman–Crippen MR) is 127 cm³/mol. The highest BCUT2D eigenvalue weighted by Gasteiger charge is 2.17. The van der Waals surface area contributed by atoms with E-state index in [2.05, 4.69) is 50.1 Å². The summed E-state index contributed by atoms with van der Waals surface area (Å²) >= 11 is 0. The molecular weight excluding hydrogens is 376 g/mol. The number of nitrogens with zero attached hydrogens (tertiary/aromatic N) is 2. The van der Waals surface area contributed by atoms with E-state index in [0.717, 1.165) is 22.5 Å². The van der Waals surface area contributed by atoms with Crippen LogP contribution in [0.2, 0.25) is 0 Å². The van der Waals surface area contributed by atoms with Crippen molar-refractivity contribution >= 4 is 11.8 Å². The number of nitrogens with one attached hydrogen (secondary N) is 2. The van der Waals surface area contributed by atoms with Crippen LogP contribution in [-0.4, -0.2) is 60.9 Å². The summed E-state index contributed by atoms with van der Waals surface area (Å²) in [4.78, 5) is 28.1. The third kappa shape index (κ3) is 9.96. The van der Waals surface area contributed by atoms with E-state index in [1.165, 1.54) is 0 Å². The SMILES string of the molecule is C=C(C)C(=C)NCCN(CCN(CCNC(=O)C(=C)C)C(=C)C(=C)C)C(=O)C(=C)C. The molecule has 166 valence electrons. The molecule has 0 saturated heterocycles. The van der Waals surface area contributed by atoms with Crippen molar-refractivity contribution in [3.8, 4) is 0 Å². The molecule has 0 bridgehead atoms. The van der Waals surface area contributed by atoms with E-state index in [1.807, 2.05) is 18.7 Å². The molecule has 0 aliphatic carbocycles. The lowest BCUT2D eigenvalue weighted by Crippen LogP contribution is -2.43. The van der Waals surface area contributed by atoms with Crippen molar-refractivity contribution in [1.82, 2.24) is 20.4 Å². The number of hydrogen-bond donors (Lipinski definition) is 2. The van der Waals surface area contributed by atoms with Gasteiger partial charge in [0.25, 0.3) is 0 Å². The van der Waals surface area contributed by atoms with Crippen molar-refractivity contribution in [1.29, 1.82) is 0 Å². The van der Waals surface area contributed by atoms with Crippen LogP contribution in [0, 0.1) is 0 Å². The molecule has 0 radical (unpaired) electrons. The van der Waals surface area contributed by atoms with Gasteiger partial charge in [-0.25, -0.2) is 0 Å². The number of hydrogen-bond acceptors (Lipinski definition) is 4. The van der Waals surface area contributed by atoms with E-state index in [0.29, 0.717) is 50.4 Å². The Morgan fingerprint density at radius 1 is 0.633 bits per heavy atom. The molecule has 0 heterocycles. The average Bonchev–Trinajstić information content (AvgIpc) is 2.66. The van der Waals surface area contributed by atoms with Gasteiger partial charge >= 0.3 is 0 Å². The summed E-state index contributed by atoms with van der Waals surface area (Å²) in [5.41, 5.74) is 4.15. The summed E-state index contributed by atoms with van der Waals surface area (Å²) < 4.78 is 0. The quantitative estimate of drug-likeness (QED) is 0.319. The third-order valence-corrected chi connectivity index (χ3v) is 4.46. The van der Waals surface area contributed by atoms with Crippen molar-refractivity contribution < 1.29 is 9.59 Å². The van der Waals surface area contributed by atoms with Crippen molar-refractivity contribution in [3.63, 3.8) is 0 Å². The Morgan fingerprint density at radius 3 is 1.60 bits per heavy atom. The zero-order chi connectivity index (χ0) is 23.4. The molecule has 0 spiro atoms. The Hall–Kier alpha value is -3.02. The number of rotatable bonds is 15. The van der Waals surface area contributed by atoms with Crippen molar-refractivity contribution in [3.05, 3.63) is 73.2 Å². The standard InChI is InChI=1S/C24H38N4O2/c1-17(2)21(9)25-11-14-28(24(30)20(7)8)16-15-27(22(10)18(3)4)13-12-26-23(29)19(5)6/h25H,1,3,5,7,9-16H2,2,4,6,8H3,(H,26,29). The van der Waals surface area contributed by atoms with Crippen LogP contribution in [0.5, 0.6) is 0 Å². The molecule has 0 aromatic rings. The zero-order valence-electron chi connectivity index (χ0n) is 19.2. The second-order valence-electron chi connectivity index (χ2n) is 7.51. The lowest BCUT2D eigenvalue weighted by Gasteiger charge is -2.31. The van der Waals surface area contributed by atoms with Gasteiger partial charge < -0.3 is 20.4 Å². The number of allylic oxidation sites excluding steroid dienone is 2. The van der Waals surface area contributed by atoms with Crippen LogP contribution in [0.25, 0.3) is 0 Å². The first-order valence-corrected chi connectivity index (χ1v) is 9.95. The van der Waals surface area contributed by atoms with Gasteiger partial charge in [-0.05, 0) is 38.8 Å². The van der Waals surface area contributed by atoms with Crippen LogP contribution in [0.1, 0.15) is 27.7 Å². The summed E-state index contributed by atoms with van der Waals surface area (Å²) in [5.74, 6) is -0.284. The molecule has 0 saturated carbocycles. The summed E-state index contributed by atoms with van der Waals surface area (Å²) in [6, 6.07) is 0. The minimum absolute atomic E-state index is 0.103. The predicted octanol–water partition coefficient (Wildman–Crippen LogP) is 3.15. The molecule has 2 N–H and O–H groups in total. The number of carbonyl (C=O) groups is 2. The molecular formula is C24H38N4O2. The van der Waals surface area contributed by atoms with E-state index in [1.54, 1.807) is 18.7 Å². The van der Waals surface area contributed by atoms with Gasteiger partial charge in [0.2, 0.25) is 11.8 Å². The summed E-state index contributed by atoms with van der Waals surface area (Å²) in [5, 5.41) is 5.99. The van der Waals surface area contributed by atoms with Crippen molar-refractivity contribution in [2.45, 2.75) is 27.7 Å². The highest BCUT2D eigenvalue weighted by atomic mass is 16.2. The summed E-state index contributed by atoms with van der Waals surface area (Å²) in [7, 11) is 0. The lowest BCUT2D eigenvalue weighted by atomic mass is 10.2. The molecule has 6 nitrogen and oxygen atoms in total. The maximum absolute atomic E-state index is 12.6. The van der Waals surface area contributed by atoms with Crippen molar-refractivity contribution in [2.75, 3.05) is 39.3 Å². The van der Waals surface area contributed by atoms with Gasteiger partial charge in [-0.1, -0.05) is 39.5 Å². The number of amides is 2. The van der Waals surface area contributed by atoms with Crippen LogP contribution in [-0.2, 0) is 9.59 Å². The maximum Gasteiger partial charge on any atom is 0.249 e. The van der Waals surface area contributed by atoms with Gasteiger partial charge in [-0.3, -0.25) is 9.59 Å². The van der Waals surface area contributed by atoms with E-state index in [4.69, 9.17) is 0 Å². The molecule has 6 heteroatoms. The molecule has 0 aliphatic rings. The number of carbonyl (C=O) groups excluding carboxylic acids is 2. The van der Waals surface area contributed by atoms with Crippen LogP contribution < -0.4 is 10.6 Å². The minimum atomic E-state index is -0.182. The lowest BCUT2D eigenvalue weighted by molar-refractivity contribution is -0.127. The van der Waals surface area contributed by atoms with Crippen LogP contribution in [0.15, 0.2) is 73.2 Å². The molecule has 0 aliphatic heterocycles.